The van der Waals surface area contributed by atoms with Gasteiger partial charge >= 0.3 is 6.09 Å². The van der Waals surface area contributed by atoms with Gasteiger partial charge in [0.25, 0.3) is 5.91 Å². The maximum absolute atomic E-state index is 13.8. The van der Waals surface area contributed by atoms with Crippen molar-refractivity contribution in [1.29, 1.82) is 0 Å². The van der Waals surface area contributed by atoms with Crippen LogP contribution < -0.4 is 21.3 Å². The fourth-order valence-corrected chi connectivity index (χ4v) is 4.71. The molecule has 3 aromatic carbocycles. The highest BCUT2D eigenvalue weighted by molar-refractivity contribution is 5.92. The van der Waals surface area contributed by atoms with Crippen LogP contribution in [0.5, 0.6) is 0 Å². The minimum Gasteiger partial charge on any atom is -0.445 e. The van der Waals surface area contributed by atoms with E-state index >= 15 is 0 Å². The summed E-state index contributed by atoms with van der Waals surface area (Å²) in [6.45, 7) is 1.68. The zero-order chi connectivity index (χ0) is 33.4. The Morgan fingerprint density at radius 2 is 1.28 bits per heavy atom. The summed E-state index contributed by atoms with van der Waals surface area (Å²) < 4.78 is 5.22. The molecule has 11 nitrogen and oxygen atoms in total. The largest absolute Gasteiger partial charge is 0.445 e. The number of carbonyl (C=O) groups excluding carboxylic acids is 4. The molecule has 244 valence electrons. The molecule has 0 saturated carbocycles. The number of carbonyl (C=O) groups is 4. The van der Waals surface area contributed by atoms with Gasteiger partial charge in [0.15, 0.2) is 6.10 Å². The third-order valence-corrected chi connectivity index (χ3v) is 7.30. The molecule has 4 atom stereocenters. The van der Waals surface area contributed by atoms with Gasteiger partial charge in [0.2, 0.25) is 11.8 Å². The summed E-state index contributed by atoms with van der Waals surface area (Å²) in [5.41, 5.74) is 2.94. The Morgan fingerprint density at radius 1 is 0.681 bits per heavy atom. The van der Waals surface area contributed by atoms with Crippen molar-refractivity contribution in [3.63, 3.8) is 0 Å². The number of nitrogens with zero attached hydrogens (tertiary/aromatic N) is 1. The lowest BCUT2D eigenvalue weighted by atomic mass is 9.99. The summed E-state index contributed by atoms with van der Waals surface area (Å²) in [4.78, 5) is 56.7. The minimum absolute atomic E-state index is 0.0118. The van der Waals surface area contributed by atoms with E-state index in [9.17, 15) is 24.3 Å². The Hall–Kier alpha value is -5.55. The second-order valence-corrected chi connectivity index (χ2v) is 11.0. The van der Waals surface area contributed by atoms with E-state index in [0.29, 0.717) is 5.69 Å². The molecule has 2 unspecified atom stereocenters. The third-order valence-electron chi connectivity index (χ3n) is 7.30. The number of ether oxygens (including phenoxy) is 1. The van der Waals surface area contributed by atoms with Crippen LogP contribution in [-0.2, 0) is 45.1 Å². The number of pyridine rings is 1. The Morgan fingerprint density at radius 3 is 1.89 bits per heavy atom. The number of hydrogen-bond donors (Lipinski definition) is 5. The number of rotatable bonds is 15. The molecular weight excluding hydrogens is 598 g/mol. The van der Waals surface area contributed by atoms with Gasteiger partial charge in [0.05, 0.1) is 6.04 Å². The van der Waals surface area contributed by atoms with Crippen molar-refractivity contribution < 1.29 is 29.0 Å². The molecule has 0 aliphatic carbocycles. The molecule has 0 saturated heterocycles. The van der Waals surface area contributed by atoms with E-state index in [1.807, 2.05) is 78.9 Å². The van der Waals surface area contributed by atoms with E-state index in [2.05, 4.69) is 26.3 Å². The lowest BCUT2D eigenvalue weighted by Gasteiger charge is -2.27. The minimum atomic E-state index is -1.60. The molecule has 4 rings (SSSR count). The van der Waals surface area contributed by atoms with Gasteiger partial charge in [-0.1, -0.05) is 97.1 Å². The van der Waals surface area contributed by atoms with Crippen molar-refractivity contribution in [2.45, 2.75) is 57.1 Å². The standard InChI is InChI=1S/C36H39N5O6/c1-25(39-36(46)47-24-28-17-9-4-10-18-28)33(43)41-31(22-29-19-11-12-20-37-29)34(44)40-30(21-26-13-5-2-6-14-26)32(42)35(45)38-23-27-15-7-3-8-16-27/h2-20,25,30-32,42H,21-24H2,1H3,(H,38,45)(H,39,46)(H,40,44)(H,41,43)/t25-,30?,31-,32?/m0/s1. The first kappa shape index (κ1) is 34.3. The first-order valence-electron chi connectivity index (χ1n) is 15.3. The number of aliphatic hydroxyl groups excluding tert-OH is 1. The number of aliphatic hydroxyl groups is 1. The van der Waals surface area contributed by atoms with Crippen molar-refractivity contribution in [2.24, 2.45) is 0 Å². The molecule has 0 bridgehead atoms. The van der Waals surface area contributed by atoms with Gasteiger partial charge in [-0.3, -0.25) is 19.4 Å². The van der Waals surface area contributed by atoms with E-state index in [1.165, 1.54) is 6.92 Å². The zero-order valence-corrected chi connectivity index (χ0v) is 26.0. The van der Waals surface area contributed by atoms with E-state index in [4.69, 9.17) is 4.74 Å². The predicted octanol–water partition coefficient (Wildman–Crippen LogP) is 2.83. The second-order valence-electron chi connectivity index (χ2n) is 11.0. The normalized spacial score (nSPS) is 13.2. The number of benzene rings is 3. The number of hydrogen-bond acceptors (Lipinski definition) is 7. The Labute approximate surface area is 273 Å². The average molecular weight is 638 g/mol. The summed E-state index contributed by atoms with van der Waals surface area (Å²) in [7, 11) is 0. The van der Waals surface area contributed by atoms with Gasteiger partial charge in [-0.2, -0.15) is 0 Å². The van der Waals surface area contributed by atoms with Gasteiger partial charge in [0, 0.05) is 24.9 Å². The third kappa shape index (κ3) is 11.4. The quantitative estimate of drug-likeness (QED) is 0.134. The number of amides is 4. The van der Waals surface area contributed by atoms with Gasteiger partial charge in [-0.15, -0.1) is 0 Å². The second kappa shape index (κ2) is 17.8. The molecule has 11 heteroatoms. The molecule has 4 amide bonds. The lowest BCUT2D eigenvalue weighted by Crippen LogP contribution is -2.58. The monoisotopic (exact) mass is 637 g/mol. The van der Waals surface area contributed by atoms with Crippen molar-refractivity contribution in [2.75, 3.05) is 0 Å². The molecule has 0 aliphatic rings. The average Bonchev–Trinajstić information content (AvgIpc) is 3.10. The molecule has 1 heterocycles. The fourth-order valence-electron chi connectivity index (χ4n) is 4.71. The highest BCUT2D eigenvalue weighted by Gasteiger charge is 2.32. The molecule has 1 aromatic heterocycles. The Balaban J connectivity index is 1.45. The van der Waals surface area contributed by atoms with Crippen LogP contribution in [0, 0.1) is 0 Å². The molecule has 0 fully saturated rings. The zero-order valence-electron chi connectivity index (χ0n) is 26.0. The van der Waals surface area contributed by atoms with Crippen LogP contribution in [0.3, 0.4) is 0 Å². The molecule has 0 aliphatic heterocycles. The van der Waals surface area contributed by atoms with Crippen molar-refractivity contribution in [3.8, 4) is 0 Å². The van der Waals surface area contributed by atoms with E-state index in [-0.39, 0.29) is 26.0 Å². The van der Waals surface area contributed by atoms with Gasteiger partial charge in [-0.25, -0.2) is 4.79 Å². The van der Waals surface area contributed by atoms with Crippen LogP contribution in [0.25, 0.3) is 0 Å². The summed E-state index contributed by atoms with van der Waals surface area (Å²) in [6.07, 6.45) is -0.679. The lowest BCUT2D eigenvalue weighted by molar-refractivity contribution is -0.134. The van der Waals surface area contributed by atoms with Gasteiger partial charge in [0.1, 0.15) is 18.7 Å². The SMILES string of the molecule is C[C@H](NC(=O)OCc1ccccc1)C(=O)N[C@@H](Cc1ccccn1)C(=O)NC(Cc1ccccc1)C(O)C(=O)NCc1ccccc1. The van der Waals surface area contributed by atoms with Crippen LogP contribution in [0.4, 0.5) is 4.79 Å². The van der Waals surface area contributed by atoms with E-state index < -0.39 is 48.0 Å². The highest BCUT2D eigenvalue weighted by Crippen LogP contribution is 2.10. The van der Waals surface area contributed by atoms with E-state index in [1.54, 1.807) is 36.5 Å². The predicted molar refractivity (Wildman–Crippen MR) is 175 cm³/mol. The molecule has 0 spiro atoms. The van der Waals surface area contributed by atoms with Crippen molar-refractivity contribution in [1.82, 2.24) is 26.3 Å². The first-order chi connectivity index (χ1) is 22.8. The van der Waals surface area contributed by atoms with Gasteiger partial charge < -0.3 is 31.1 Å². The fraction of sp³-hybridized carbons (Fsp3) is 0.250. The summed E-state index contributed by atoms with van der Waals surface area (Å²) in [5, 5.41) is 21.8. The molecule has 47 heavy (non-hydrogen) atoms. The maximum Gasteiger partial charge on any atom is 0.408 e. The molecule has 4 aromatic rings. The summed E-state index contributed by atoms with van der Waals surface area (Å²) >= 11 is 0. The molecule has 5 N–H and O–H groups in total. The van der Waals surface area contributed by atoms with Crippen LogP contribution in [0.1, 0.15) is 29.3 Å². The van der Waals surface area contributed by atoms with Crippen molar-refractivity contribution >= 4 is 23.8 Å². The Bertz CT molecular complexity index is 1580. The Kier molecular flexibility index (Phi) is 13.0. The molecular formula is C36H39N5O6. The first-order valence-corrected chi connectivity index (χ1v) is 15.3. The maximum atomic E-state index is 13.8. The number of aromatic nitrogens is 1. The van der Waals surface area contributed by atoms with Crippen LogP contribution in [0.2, 0.25) is 0 Å². The molecule has 0 radical (unpaired) electrons. The smallest absolute Gasteiger partial charge is 0.408 e. The highest BCUT2D eigenvalue weighted by atomic mass is 16.5. The summed E-state index contributed by atoms with van der Waals surface area (Å²) in [5.74, 6) is -1.94. The van der Waals surface area contributed by atoms with Crippen molar-refractivity contribution in [3.05, 3.63) is 138 Å². The summed E-state index contributed by atoms with van der Waals surface area (Å²) in [6, 6.07) is 29.4. The number of nitrogens with one attached hydrogen (secondary N) is 4. The van der Waals surface area contributed by atoms with Gasteiger partial charge in [-0.05, 0) is 42.2 Å². The van der Waals surface area contributed by atoms with Crippen LogP contribution in [0.15, 0.2) is 115 Å². The van der Waals surface area contributed by atoms with E-state index in [0.717, 1.165) is 16.7 Å². The number of alkyl carbamates (subject to hydrolysis) is 1. The van der Waals surface area contributed by atoms with Crippen LogP contribution >= 0.6 is 0 Å². The van der Waals surface area contributed by atoms with Crippen LogP contribution in [-0.4, -0.2) is 58.1 Å². The topological polar surface area (TPSA) is 159 Å².